The Labute approximate surface area is 187 Å². The molecule has 0 N–H and O–H groups in total. The fraction of sp³-hybridized carbons (Fsp3) is 0.929. The van der Waals surface area contributed by atoms with Gasteiger partial charge in [0.1, 0.15) is 0 Å². The molecule has 5 nitrogen and oxygen atoms in total. The summed E-state index contributed by atoms with van der Waals surface area (Å²) in [7, 11) is 1.29. The Bertz CT molecular complexity index is 802. The van der Waals surface area contributed by atoms with Gasteiger partial charge in [-0.2, -0.15) is 74.6 Å². The van der Waals surface area contributed by atoms with Gasteiger partial charge in [0.15, 0.2) is 0 Å². The van der Waals surface area contributed by atoms with E-state index >= 15 is 0 Å². The van der Waals surface area contributed by atoms with Crippen molar-refractivity contribution in [2.45, 2.75) is 48.4 Å². The van der Waals surface area contributed by atoms with Crippen molar-refractivity contribution in [2.75, 3.05) is 33.2 Å². The largest absolute Gasteiger partial charge is 0.462 e. The van der Waals surface area contributed by atoms with Crippen molar-refractivity contribution in [1.82, 2.24) is 9.80 Å². The lowest BCUT2D eigenvalue weighted by Crippen LogP contribution is -2.69. The fourth-order valence-corrected chi connectivity index (χ4v) is 2.37. The molecule has 214 valence electrons. The smallest absolute Gasteiger partial charge is 0.335 e. The number of piperazine rings is 1. The van der Waals surface area contributed by atoms with Crippen LogP contribution in [0.5, 0.6) is 0 Å². The first kappa shape index (κ1) is 32.2. The van der Waals surface area contributed by atoms with Gasteiger partial charge in [-0.15, -0.1) is 0 Å². The maximum absolute atomic E-state index is 14.5. The molecule has 0 radical (unpaired) electrons. The molecule has 1 amide bonds. The SMILES string of the molecule is CN1CCN(C(=O)[C@@](F)(OC(F)(F)[C@](F)(OC(F)(F)C(F)(F)C(F)(F)F)C(F)(F)F)C(F)(F)F)CC1. The van der Waals surface area contributed by atoms with Gasteiger partial charge in [0.2, 0.25) is 0 Å². The molecule has 1 saturated heterocycles. The second kappa shape index (κ2) is 9.17. The Morgan fingerprint density at radius 1 is 0.583 bits per heavy atom. The van der Waals surface area contributed by atoms with Gasteiger partial charge in [-0.3, -0.25) is 14.3 Å². The molecule has 2 atom stereocenters. The number of nitrogens with zero attached hydrogens (tertiary/aromatic N) is 2. The minimum atomic E-state index is -8.01. The van der Waals surface area contributed by atoms with Crippen molar-refractivity contribution in [3.8, 4) is 0 Å². The summed E-state index contributed by atoms with van der Waals surface area (Å²) in [6.45, 7) is -2.60. The molecule has 0 unspecified atom stereocenters. The third-order valence-electron chi connectivity index (χ3n) is 4.43. The van der Waals surface area contributed by atoms with Crippen LogP contribution in [0.2, 0.25) is 0 Å². The molecular formula is C14H11F17N2O3. The molecule has 1 heterocycles. The standard InChI is InChI=1S/C14H11F17N2O3/c1-32-2-4-33(5-3-32)6(34)7(15,10(19,20)21)35-14(30,31)9(18,12(25,26)27)36-13(28,29)8(16,17)11(22,23)24/h2-5H2,1H3/t7-,9-/m1/s1. The molecule has 36 heavy (non-hydrogen) atoms. The first-order chi connectivity index (χ1) is 15.6. The molecule has 0 aliphatic carbocycles. The second-order valence-corrected chi connectivity index (χ2v) is 7.09. The van der Waals surface area contributed by atoms with Gasteiger partial charge >= 0.3 is 48.4 Å². The number of alkyl halides is 17. The number of hydrogen-bond acceptors (Lipinski definition) is 4. The van der Waals surface area contributed by atoms with E-state index in [0.29, 0.717) is 0 Å². The maximum atomic E-state index is 14.5. The van der Waals surface area contributed by atoms with Crippen LogP contribution >= 0.6 is 0 Å². The highest BCUT2D eigenvalue weighted by Crippen LogP contribution is 2.56. The Kier molecular flexibility index (Phi) is 8.20. The van der Waals surface area contributed by atoms with Crippen molar-refractivity contribution in [3.63, 3.8) is 0 Å². The van der Waals surface area contributed by atoms with Crippen molar-refractivity contribution in [1.29, 1.82) is 0 Å². The van der Waals surface area contributed by atoms with Crippen LogP contribution in [0.4, 0.5) is 74.6 Å². The summed E-state index contributed by atoms with van der Waals surface area (Å²) in [5, 5.41) is 0. The quantitative estimate of drug-likeness (QED) is 0.414. The predicted molar refractivity (Wildman–Crippen MR) is 76.9 cm³/mol. The van der Waals surface area contributed by atoms with E-state index < -0.39 is 67.4 Å². The molecule has 1 aliphatic heterocycles. The maximum Gasteiger partial charge on any atom is 0.462 e. The number of amides is 1. The minimum Gasteiger partial charge on any atom is -0.335 e. The molecular weight excluding hydrogens is 567 g/mol. The average molecular weight is 578 g/mol. The van der Waals surface area contributed by atoms with E-state index in [0.717, 1.165) is 0 Å². The number of halogens is 17. The third-order valence-corrected chi connectivity index (χ3v) is 4.43. The van der Waals surface area contributed by atoms with Crippen LogP contribution in [0.3, 0.4) is 0 Å². The molecule has 0 aromatic carbocycles. The number of hydrogen-bond donors (Lipinski definition) is 0. The fourth-order valence-electron chi connectivity index (χ4n) is 2.37. The van der Waals surface area contributed by atoms with Gasteiger partial charge in [0.05, 0.1) is 0 Å². The van der Waals surface area contributed by atoms with Crippen LogP contribution in [0.1, 0.15) is 0 Å². The van der Waals surface area contributed by atoms with Gasteiger partial charge < -0.3 is 9.80 Å². The van der Waals surface area contributed by atoms with Crippen LogP contribution < -0.4 is 0 Å². The summed E-state index contributed by atoms with van der Waals surface area (Å²) < 4.78 is 226. The van der Waals surface area contributed by atoms with Gasteiger partial charge in [-0.25, -0.2) is 0 Å². The lowest BCUT2D eigenvalue weighted by atomic mass is 10.2. The summed E-state index contributed by atoms with van der Waals surface area (Å²) in [5.41, 5.74) is 0. The molecule has 1 fully saturated rings. The van der Waals surface area contributed by atoms with E-state index in [1.54, 1.807) is 0 Å². The Hall–Kier alpha value is -1.84. The van der Waals surface area contributed by atoms with Crippen LogP contribution in [-0.4, -0.2) is 97.3 Å². The summed E-state index contributed by atoms with van der Waals surface area (Å²) in [5.74, 6) is -25.8. The van der Waals surface area contributed by atoms with Gasteiger partial charge in [-0.05, 0) is 7.05 Å². The summed E-state index contributed by atoms with van der Waals surface area (Å²) in [4.78, 5) is 12.9. The molecule has 0 spiro atoms. The second-order valence-electron chi connectivity index (χ2n) is 7.09. The third kappa shape index (κ3) is 5.53. The van der Waals surface area contributed by atoms with E-state index in [9.17, 15) is 79.4 Å². The van der Waals surface area contributed by atoms with E-state index in [2.05, 4.69) is 4.74 Å². The van der Waals surface area contributed by atoms with Crippen molar-refractivity contribution >= 4 is 5.91 Å². The molecule has 0 bridgehead atoms. The minimum absolute atomic E-state index is 0.260. The first-order valence-corrected chi connectivity index (χ1v) is 8.67. The molecule has 0 saturated carbocycles. The predicted octanol–water partition coefficient (Wildman–Crippen LogP) is 4.63. The van der Waals surface area contributed by atoms with Gasteiger partial charge in [-0.1, -0.05) is 0 Å². The van der Waals surface area contributed by atoms with Crippen molar-refractivity contribution < 1.29 is 88.9 Å². The molecule has 1 aliphatic rings. The zero-order valence-electron chi connectivity index (χ0n) is 16.9. The number of likely N-dealkylation sites (N-methyl/N-ethyl adjacent to an activating group) is 1. The van der Waals surface area contributed by atoms with E-state index in [1.165, 1.54) is 16.7 Å². The molecule has 0 aromatic rings. The highest BCUT2D eigenvalue weighted by Gasteiger charge is 2.85. The Morgan fingerprint density at radius 3 is 1.33 bits per heavy atom. The van der Waals surface area contributed by atoms with Crippen LogP contribution in [0.25, 0.3) is 0 Å². The van der Waals surface area contributed by atoms with Gasteiger partial charge in [0.25, 0.3) is 5.91 Å². The topological polar surface area (TPSA) is 42.0 Å². The van der Waals surface area contributed by atoms with E-state index in [-0.39, 0.29) is 18.0 Å². The summed E-state index contributed by atoms with van der Waals surface area (Å²) in [6.07, 6.45) is -38.3. The number of carbonyl (C=O) groups is 1. The van der Waals surface area contributed by atoms with Gasteiger partial charge in [0, 0.05) is 26.2 Å². The number of rotatable bonds is 7. The molecule has 22 heteroatoms. The summed E-state index contributed by atoms with van der Waals surface area (Å²) >= 11 is 0. The molecule has 0 aromatic heterocycles. The normalized spacial score (nSPS) is 21.2. The van der Waals surface area contributed by atoms with E-state index in [4.69, 9.17) is 0 Å². The molecule has 1 rings (SSSR count). The average Bonchev–Trinajstić information content (AvgIpc) is 2.64. The zero-order chi connectivity index (χ0) is 29.0. The Morgan fingerprint density at radius 2 is 1.00 bits per heavy atom. The monoisotopic (exact) mass is 578 g/mol. The van der Waals surface area contributed by atoms with Crippen LogP contribution in [0.15, 0.2) is 0 Å². The Balaban J connectivity index is 3.59. The lowest BCUT2D eigenvalue weighted by Gasteiger charge is -2.41. The number of ether oxygens (including phenoxy) is 2. The number of carbonyl (C=O) groups excluding carboxylic acids is 1. The highest BCUT2D eigenvalue weighted by molar-refractivity contribution is 5.84. The van der Waals surface area contributed by atoms with E-state index in [1.807, 2.05) is 0 Å². The first-order valence-electron chi connectivity index (χ1n) is 8.67. The highest BCUT2D eigenvalue weighted by atomic mass is 19.4. The van der Waals surface area contributed by atoms with Crippen molar-refractivity contribution in [2.24, 2.45) is 0 Å². The lowest BCUT2D eigenvalue weighted by molar-refractivity contribution is -0.548. The summed E-state index contributed by atoms with van der Waals surface area (Å²) in [6, 6.07) is 0. The zero-order valence-corrected chi connectivity index (χ0v) is 16.9. The van der Waals surface area contributed by atoms with Crippen molar-refractivity contribution in [3.05, 3.63) is 0 Å². The van der Waals surface area contributed by atoms with Crippen LogP contribution in [-0.2, 0) is 14.3 Å². The van der Waals surface area contributed by atoms with Crippen LogP contribution in [0, 0.1) is 0 Å².